The Morgan fingerprint density at radius 2 is 2.14 bits per heavy atom. The van der Waals surface area contributed by atoms with Crippen molar-refractivity contribution in [3.05, 3.63) is 59.7 Å². The number of halogens is 1. The largest absolute Gasteiger partial charge is 0.494 e. The third-order valence-corrected chi connectivity index (χ3v) is 4.54. The van der Waals surface area contributed by atoms with Crippen LogP contribution in [0, 0.1) is 5.82 Å². The number of aromatic nitrogens is 2. The standard InChI is InChI=1S/C21H23FN4O3/c1-5-16(14-7-6-10-23-12-14)24-21(27)18-19(29-25-20(18)26(2)3)13-8-9-15(22)17(11-13)28-4/h6-12,16H,5H2,1-4H3,(H,24,27). The first-order chi connectivity index (χ1) is 14.0. The lowest BCUT2D eigenvalue weighted by atomic mass is 10.0. The number of nitrogens with one attached hydrogen (secondary N) is 1. The maximum Gasteiger partial charge on any atom is 0.259 e. The zero-order valence-electron chi connectivity index (χ0n) is 16.8. The van der Waals surface area contributed by atoms with Crippen LogP contribution in [0.4, 0.5) is 10.2 Å². The maximum absolute atomic E-state index is 13.8. The molecule has 1 amide bonds. The van der Waals surface area contributed by atoms with Crippen LogP contribution in [-0.2, 0) is 0 Å². The van der Waals surface area contributed by atoms with Crippen molar-refractivity contribution >= 4 is 11.7 Å². The van der Waals surface area contributed by atoms with Gasteiger partial charge in [0.05, 0.1) is 13.2 Å². The summed E-state index contributed by atoms with van der Waals surface area (Å²) in [4.78, 5) is 19.0. The van der Waals surface area contributed by atoms with E-state index >= 15 is 0 Å². The van der Waals surface area contributed by atoms with Gasteiger partial charge in [-0.15, -0.1) is 0 Å². The van der Waals surface area contributed by atoms with E-state index in [0.29, 0.717) is 17.8 Å². The molecule has 1 atom stereocenters. The summed E-state index contributed by atoms with van der Waals surface area (Å²) in [5.74, 6) is -0.174. The first kappa shape index (κ1) is 20.3. The molecule has 0 aliphatic rings. The Kier molecular flexibility index (Phi) is 6.11. The van der Waals surface area contributed by atoms with E-state index in [-0.39, 0.29) is 29.0 Å². The fourth-order valence-electron chi connectivity index (χ4n) is 3.02. The van der Waals surface area contributed by atoms with Crippen LogP contribution in [0.1, 0.15) is 35.3 Å². The molecule has 2 heterocycles. The van der Waals surface area contributed by atoms with Gasteiger partial charge in [-0.2, -0.15) is 0 Å². The van der Waals surface area contributed by atoms with Gasteiger partial charge < -0.3 is 19.5 Å². The fraction of sp³-hybridized carbons (Fsp3) is 0.286. The van der Waals surface area contributed by atoms with Gasteiger partial charge in [-0.25, -0.2) is 4.39 Å². The van der Waals surface area contributed by atoms with E-state index in [1.165, 1.54) is 25.3 Å². The molecule has 3 aromatic rings. The smallest absolute Gasteiger partial charge is 0.259 e. The minimum absolute atomic E-state index is 0.0541. The van der Waals surface area contributed by atoms with Crippen LogP contribution in [0.15, 0.2) is 47.2 Å². The van der Waals surface area contributed by atoms with Gasteiger partial charge >= 0.3 is 0 Å². The number of pyridine rings is 1. The number of methoxy groups -OCH3 is 1. The summed E-state index contributed by atoms with van der Waals surface area (Å²) in [7, 11) is 4.91. The summed E-state index contributed by atoms with van der Waals surface area (Å²) in [6.07, 6.45) is 4.09. The Morgan fingerprint density at radius 3 is 2.76 bits per heavy atom. The van der Waals surface area contributed by atoms with Crippen molar-refractivity contribution < 1.29 is 18.4 Å². The Hall–Kier alpha value is -3.42. The van der Waals surface area contributed by atoms with Crippen molar-refractivity contribution in [2.75, 3.05) is 26.1 Å². The Bertz CT molecular complexity index is 989. The van der Waals surface area contributed by atoms with Crippen molar-refractivity contribution in [2.24, 2.45) is 0 Å². The van der Waals surface area contributed by atoms with Gasteiger partial charge in [0.25, 0.3) is 5.91 Å². The molecular formula is C21H23FN4O3. The molecule has 1 aromatic carbocycles. The molecule has 3 rings (SSSR count). The van der Waals surface area contributed by atoms with Gasteiger partial charge in [0.1, 0.15) is 5.56 Å². The lowest BCUT2D eigenvalue weighted by Gasteiger charge is -2.18. The minimum Gasteiger partial charge on any atom is -0.494 e. The highest BCUT2D eigenvalue weighted by Gasteiger charge is 2.27. The predicted octanol–water partition coefficient (Wildman–Crippen LogP) is 3.83. The van der Waals surface area contributed by atoms with Gasteiger partial charge in [-0.3, -0.25) is 9.78 Å². The topological polar surface area (TPSA) is 80.5 Å². The third-order valence-electron chi connectivity index (χ3n) is 4.54. The quantitative estimate of drug-likeness (QED) is 0.652. The molecule has 0 aliphatic heterocycles. The summed E-state index contributed by atoms with van der Waals surface area (Å²) >= 11 is 0. The van der Waals surface area contributed by atoms with Crippen LogP contribution >= 0.6 is 0 Å². The van der Waals surface area contributed by atoms with E-state index in [1.54, 1.807) is 31.4 Å². The molecule has 0 spiro atoms. The number of hydrogen-bond donors (Lipinski definition) is 1. The Balaban J connectivity index is 2.01. The number of carbonyl (C=O) groups excluding carboxylic acids is 1. The number of ether oxygens (including phenoxy) is 1. The monoisotopic (exact) mass is 398 g/mol. The first-order valence-electron chi connectivity index (χ1n) is 9.17. The third kappa shape index (κ3) is 4.21. The molecule has 2 aromatic heterocycles. The molecule has 1 unspecified atom stereocenters. The average molecular weight is 398 g/mol. The average Bonchev–Trinajstić information content (AvgIpc) is 3.18. The van der Waals surface area contributed by atoms with Gasteiger partial charge in [-0.1, -0.05) is 18.1 Å². The molecule has 1 N–H and O–H groups in total. The lowest BCUT2D eigenvalue weighted by molar-refractivity contribution is 0.0936. The lowest BCUT2D eigenvalue weighted by Crippen LogP contribution is -2.29. The number of nitrogens with zero attached hydrogens (tertiary/aromatic N) is 3. The number of carbonyl (C=O) groups is 1. The molecule has 0 fully saturated rings. The van der Waals surface area contributed by atoms with Gasteiger partial charge in [-0.05, 0) is 36.2 Å². The highest BCUT2D eigenvalue weighted by molar-refractivity contribution is 6.04. The molecule has 0 saturated heterocycles. The first-order valence-corrected chi connectivity index (χ1v) is 9.17. The van der Waals surface area contributed by atoms with Crippen LogP contribution < -0.4 is 15.0 Å². The molecule has 0 radical (unpaired) electrons. The van der Waals surface area contributed by atoms with Crippen molar-refractivity contribution in [1.29, 1.82) is 0 Å². The number of anilines is 1. The van der Waals surface area contributed by atoms with Gasteiger partial charge in [0.15, 0.2) is 23.1 Å². The molecule has 29 heavy (non-hydrogen) atoms. The minimum atomic E-state index is -0.503. The van der Waals surface area contributed by atoms with E-state index in [1.807, 2.05) is 19.1 Å². The summed E-state index contributed by atoms with van der Waals surface area (Å²) in [6, 6.07) is 7.77. The second-order valence-electron chi connectivity index (χ2n) is 6.67. The van der Waals surface area contributed by atoms with Crippen molar-refractivity contribution in [1.82, 2.24) is 15.5 Å². The van der Waals surface area contributed by atoms with Gasteiger partial charge in [0, 0.05) is 32.1 Å². The summed E-state index contributed by atoms with van der Waals surface area (Å²) < 4.78 is 24.3. The van der Waals surface area contributed by atoms with Crippen LogP contribution in [0.2, 0.25) is 0 Å². The second kappa shape index (κ2) is 8.72. The number of amides is 1. The number of hydrogen-bond acceptors (Lipinski definition) is 6. The Labute approximate surface area is 168 Å². The molecule has 0 saturated carbocycles. The normalized spacial score (nSPS) is 11.8. The summed E-state index contributed by atoms with van der Waals surface area (Å²) in [5.41, 5.74) is 1.66. The second-order valence-corrected chi connectivity index (χ2v) is 6.67. The summed E-state index contributed by atoms with van der Waals surface area (Å²) in [6.45, 7) is 1.98. The van der Waals surface area contributed by atoms with Crippen LogP contribution in [0.25, 0.3) is 11.3 Å². The molecule has 152 valence electrons. The van der Waals surface area contributed by atoms with Crippen molar-refractivity contribution in [2.45, 2.75) is 19.4 Å². The van der Waals surface area contributed by atoms with E-state index in [2.05, 4.69) is 15.5 Å². The zero-order valence-corrected chi connectivity index (χ0v) is 16.8. The zero-order chi connectivity index (χ0) is 21.0. The van der Waals surface area contributed by atoms with E-state index in [4.69, 9.17) is 9.26 Å². The Morgan fingerprint density at radius 1 is 1.34 bits per heavy atom. The molecule has 0 aliphatic carbocycles. The summed E-state index contributed by atoms with van der Waals surface area (Å²) in [5, 5.41) is 7.06. The van der Waals surface area contributed by atoms with Crippen molar-refractivity contribution in [3.63, 3.8) is 0 Å². The number of rotatable bonds is 7. The van der Waals surface area contributed by atoms with Crippen molar-refractivity contribution in [3.8, 4) is 17.1 Å². The molecule has 8 heteroatoms. The molecular weight excluding hydrogens is 375 g/mol. The van der Waals surface area contributed by atoms with E-state index in [9.17, 15) is 9.18 Å². The highest BCUT2D eigenvalue weighted by atomic mass is 19.1. The highest BCUT2D eigenvalue weighted by Crippen LogP contribution is 2.34. The van der Waals surface area contributed by atoms with Crippen LogP contribution in [0.5, 0.6) is 5.75 Å². The van der Waals surface area contributed by atoms with Crippen LogP contribution in [-0.4, -0.2) is 37.3 Å². The fourth-order valence-corrected chi connectivity index (χ4v) is 3.02. The SMILES string of the molecule is CCC(NC(=O)c1c(N(C)C)noc1-c1ccc(F)c(OC)c1)c1cccnc1. The maximum atomic E-state index is 13.8. The van der Waals surface area contributed by atoms with E-state index in [0.717, 1.165) is 5.56 Å². The number of benzene rings is 1. The molecule has 0 bridgehead atoms. The van der Waals surface area contributed by atoms with E-state index < -0.39 is 5.82 Å². The van der Waals surface area contributed by atoms with Crippen LogP contribution in [0.3, 0.4) is 0 Å². The molecule has 7 nitrogen and oxygen atoms in total. The predicted molar refractivity (Wildman–Crippen MR) is 108 cm³/mol. The van der Waals surface area contributed by atoms with Gasteiger partial charge in [0.2, 0.25) is 0 Å².